The molecule has 0 amide bonds. The average Bonchev–Trinajstić information content (AvgIpc) is 2.67. The first kappa shape index (κ1) is 15.9. The highest BCUT2D eigenvalue weighted by molar-refractivity contribution is 4.76. The molecule has 108 valence electrons. The third-order valence-electron chi connectivity index (χ3n) is 3.81. The summed E-state index contributed by atoms with van der Waals surface area (Å²) in [5.41, 5.74) is 0.260. The molecule has 0 aromatic carbocycles. The maximum absolute atomic E-state index is 10.0. The van der Waals surface area contributed by atoms with E-state index in [-0.39, 0.29) is 11.5 Å². The van der Waals surface area contributed by atoms with E-state index >= 15 is 0 Å². The fourth-order valence-corrected chi connectivity index (χ4v) is 3.20. The van der Waals surface area contributed by atoms with Crippen molar-refractivity contribution in [1.29, 1.82) is 0 Å². The van der Waals surface area contributed by atoms with E-state index in [1.165, 1.54) is 25.7 Å². The van der Waals surface area contributed by atoms with E-state index < -0.39 is 0 Å². The zero-order valence-corrected chi connectivity index (χ0v) is 12.7. The lowest BCUT2D eigenvalue weighted by Gasteiger charge is -2.29. The largest absolute Gasteiger partial charge is 0.392 e. The molecule has 1 unspecified atom stereocenters. The van der Waals surface area contributed by atoms with Crippen molar-refractivity contribution >= 4 is 0 Å². The van der Waals surface area contributed by atoms with Gasteiger partial charge in [-0.05, 0) is 31.8 Å². The Morgan fingerprint density at radius 1 is 1.28 bits per heavy atom. The second-order valence-corrected chi connectivity index (χ2v) is 7.07. The quantitative estimate of drug-likeness (QED) is 0.698. The highest BCUT2D eigenvalue weighted by Crippen LogP contribution is 2.28. The highest BCUT2D eigenvalue weighted by atomic mass is 16.3. The molecule has 0 aliphatic heterocycles. The molecule has 1 aliphatic rings. The van der Waals surface area contributed by atoms with Crippen LogP contribution in [0, 0.1) is 11.3 Å². The fraction of sp³-hybridized carbons (Fsp3) is 1.00. The summed E-state index contributed by atoms with van der Waals surface area (Å²) in [6, 6.07) is 0. The summed E-state index contributed by atoms with van der Waals surface area (Å²) < 4.78 is 0. The maximum atomic E-state index is 10.0. The topological polar surface area (TPSA) is 35.5 Å². The maximum Gasteiger partial charge on any atom is 0.0667 e. The van der Waals surface area contributed by atoms with E-state index in [4.69, 9.17) is 0 Å². The van der Waals surface area contributed by atoms with Gasteiger partial charge < -0.3 is 15.3 Å². The van der Waals surface area contributed by atoms with E-state index in [2.05, 4.69) is 38.2 Å². The number of aliphatic hydroxyl groups is 1. The van der Waals surface area contributed by atoms with Crippen LogP contribution in [0.5, 0.6) is 0 Å². The van der Waals surface area contributed by atoms with Gasteiger partial charge in [0.25, 0.3) is 0 Å². The smallest absolute Gasteiger partial charge is 0.0667 e. The van der Waals surface area contributed by atoms with Gasteiger partial charge in [0, 0.05) is 19.6 Å². The van der Waals surface area contributed by atoms with Crippen LogP contribution in [0.3, 0.4) is 0 Å². The Morgan fingerprint density at radius 3 is 2.44 bits per heavy atom. The van der Waals surface area contributed by atoms with Gasteiger partial charge in [-0.25, -0.2) is 0 Å². The van der Waals surface area contributed by atoms with Crippen molar-refractivity contribution in [3.8, 4) is 0 Å². The zero-order valence-electron chi connectivity index (χ0n) is 12.7. The van der Waals surface area contributed by atoms with Gasteiger partial charge in [0.05, 0.1) is 6.10 Å². The number of nitrogens with one attached hydrogen (secondary N) is 1. The molecule has 0 aromatic heterocycles. The predicted octanol–water partition coefficient (Wildman–Crippen LogP) is 2.10. The van der Waals surface area contributed by atoms with E-state index in [0.29, 0.717) is 0 Å². The Hall–Kier alpha value is -0.120. The standard InChI is InChI=1S/C15H32N2O/c1-15(2,12-17(3)4)11-16-10-14(18)9-13-7-5-6-8-13/h13-14,16,18H,5-12H2,1-4H3. The van der Waals surface area contributed by atoms with Crippen molar-refractivity contribution in [1.82, 2.24) is 10.2 Å². The van der Waals surface area contributed by atoms with Crippen molar-refractivity contribution in [3.05, 3.63) is 0 Å². The van der Waals surface area contributed by atoms with Crippen molar-refractivity contribution < 1.29 is 5.11 Å². The van der Waals surface area contributed by atoms with Crippen LogP contribution >= 0.6 is 0 Å². The Balaban J connectivity index is 2.12. The first-order chi connectivity index (χ1) is 8.39. The van der Waals surface area contributed by atoms with Crippen molar-refractivity contribution in [2.75, 3.05) is 33.7 Å². The lowest BCUT2D eigenvalue weighted by Crippen LogP contribution is -2.40. The number of nitrogens with zero attached hydrogens (tertiary/aromatic N) is 1. The van der Waals surface area contributed by atoms with Gasteiger partial charge in [0.2, 0.25) is 0 Å². The van der Waals surface area contributed by atoms with E-state index in [9.17, 15) is 5.11 Å². The molecule has 3 nitrogen and oxygen atoms in total. The average molecular weight is 256 g/mol. The van der Waals surface area contributed by atoms with Crippen molar-refractivity contribution in [3.63, 3.8) is 0 Å². The molecule has 18 heavy (non-hydrogen) atoms. The molecule has 0 radical (unpaired) electrons. The molecule has 2 N–H and O–H groups in total. The molecular weight excluding hydrogens is 224 g/mol. The summed E-state index contributed by atoms with van der Waals surface area (Å²) in [7, 11) is 4.22. The zero-order chi connectivity index (χ0) is 13.6. The van der Waals surface area contributed by atoms with Crippen LogP contribution in [-0.4, -0.2) is 49.8 Å². The molecule has 0 aromatic rings. The molecule has 1 atom stereocenters. The Kier molecular flexibility index (Phi) is 6.61. The third-order valence-corrected chi connectivity index (χ3v) is 3.81. The summed E-state index contributed by atoms with van der Waals surface area (Å²) in [4.78, 5) is 2.22. The van der Waals surface area contributed by atoms with Crippen LogP contribution in [0.15, 0.2) is 0 Å². The molecule has 1 aliphatic carbocycles. The van der Waals surface area contributed by atoms with Crippen LogP contribution in [0.25, 0.3) is 0 Å². The van der Waals surface area contributed by atoms with Gasteiger partial charge in [-0.1, -0.05) is 39.5 Å². The number of aliphatic hydroxyl groups excluding tert-OH is 1. The second kappa shape index (κ2) is 7.46. The van der Waals surface area contributed by atoms with Crippen molar-refractivity contribution in [2.45, 2.75) is 52.1 Å². The normalized spacial score (nSPS) is 19.7. The minimum Gasteiger partial charge on any atom is -0.392 e. The summed E-state index contributed by atoms with van der Waals surface area (Å²) in [5.74, 6) is 0.775. The van der Waals surface area contributed by atoms with Gasteiger partial charge in [-0.15, -0.1) is 0 Å². The van der Waals surface area contributed by atoms with E-state index in [1.54, 1.807) is 0 Å². The fourth-order valence-electron chi connectivity index (χ4n) is 3.20. The Labute approximate surface area is 113 Å². The molecule has 0 bridgehead atoms. The van der Waals surface area contributed by atoms with Gasteiger partial charge in [0.1, 0.15) is 0 Å². The van der Waals surface area contributed by atoms with E-state index in [0.717, 1.165) is 32.0 Å². The molecule has 0 heterocycles. The Bertz CT molecular complexity index is 223. The van der Waals surface area contributed by atoms with Crippen molar-refractivity contribution in [2.24, 2.45) is 11.3 Å². The number of hydrogen-bond acceptors (Lipinski definition) is 3. The first-order valence-corrected chi connectivity index (χ1v) is 7.42. The first-order valence-electron chi connectivity index (χ1n) is 7.42. The molecular formula is C15H32N2O. The highest BCUT2D eigenvalue weighted by Gasteiger charge is 2.21. The van der Waals surface area contributed by atoms with Crippen LogP contribution in [0.4, 0.5) is 0 Å². The summed E-state index contributed by atoms with van der Waals surface area (Å²) in [6.07, 6.45) is 6.19. The Morgan fingerprint density at radius 2 is 1.89 bits per heavy atom. The summed E-state index contributed by atoms with van der Waals surface area (Å²) in [5, 5.41) is 13.4. The molecule has 0 spiro atoms. The van der Waals surface area contributed by atoms with Crippen LogP contribution in [0.2, 0.25) is 0 Å². The molecule has 1 fully saturated rings. The molecule has 1 rings (SSSR count). The van der Waals surface area contributed by atoms with Gasteiger partial charge in [-0.3, -0.25) is 0 Å². The minimum atomic E-state index is -0.164. The van der Waals surface area contributed by atoms with Gasteiger partial charge >= 0.3 is 0 Å². The predicted molar refractivity (Wildman–Crippen MR) is 77.8 cm³/mol. The van der Waals surface area contributed by atoms with Crippen LogP contribution < -0.4 is 5.32 Å². The molecule has 3 heteroatoms. The number of hydrogen-bond donors (Lipinski definition) is 2. The lowest BCUT2D eigenvalue weighted by molar-refractivity contribution is 0.133. The van der Waals surface area contributed by atoms with Crippen LogP contribution in [-0.2, 0) is 0 Å². The van der Waals surface area contributed by atoms with Gasteiger partial charge in [-0.2, -0.15) is 0 Å². The minimum absolute atomic E-state index is 0.164. The van der Waals surface area contributed by atoms with Gasteiger partial charge in [0.15, 0.2) is 0 Å². The summed E-state index contributed by atoms with van der Waals surface area (Å²) in [6.45, 7) is 7.31. The number of rotatable bonds is 8. The molecule has 0 saturated heterocycles. The monoisotopic (exact) mass is 256 g/mol. The molecule has 1 saturated carbocycles. The van der Waals surface area contributed by atoms with Crippen LogP contribution in [0.1, 0.15) is 46.0 Å². The lowest BCUT2D eigenvalue weighted by atomic mass is 9.92. The SMILES string of the molecule is CN(C)CC(C)(C)CNCC(O)CC1CCCC1. The summed E-state index contributed by atoms with van der Waals surface area (Å²) >= 11 is 0. The van der Waals surface area contributed by atoms with E-state index in [1.807, 2.05) is 0 Å². The third kappa shape index (κ3) is 6.72. The second-order valence-electron chi connectivity index (χ2n) is 7.07.